The molecule has 106 valence electrons. The molecule has 4 heteroatoms. The molecule has 0 aromatic rings. The lowest BCUT2D eigenvalue weighted by atomic mass is 9.76. The molecule has 0 aromatic carbocycles. The molecule has 0 N–H and O–H groups in total. The van der Waals surface area contributed by atoms with Crippen LogP contribution in [0.3, 0.4) is 0 Å². The smallest absolute Gasteiger partial charge is 0.222 e. The minimum absolute atomic E-state index is 0.0877. The number of carbonyl (C=O) groups is 2. The van der Waals surface area contributed by atoms with Gasteiger partial charge in [0.2, 0.25) is 11.8 Å². The average molecular weight is 256 g/mol. The van der Waals surface area contributed by atoms with Gasteiger partial charge in [-0.15, -0.1) is 0 Å². The highest BCUT2D eigenvalue weighted by Gasteiger charge is 2.32. The first kappa shape index (κ1) is 16.9. The highest BCUT2D eigenvalue weighted by molar-refractivity contribution is 5.79. The third kappa shape index (κ3) is 6.03. The Morgan fingerprint density at radius 2 is 1.28 bits per heavy atom. The second-order valence-electron chi connectivity index (χ2n) is 6.34. The first-order valence-electron chi connectivity index (χ1n) is 6.48. The van der Waals surface area contributed by atoms with Crippen molar-refractivity contribution in [1.29, 1.82) is 0 Å². The van der Waals surface area contributed by atoms with Crippen molar-refractivity contribution in [1.82, 2.24) is 9.80 Å². The maximum absolute atomic E-state index is 11.9. The molecule has 0 saturated heterocycles. The standard InChI is InChI=1S/C14H28N2O2/c1-11(2)8-14(3,9-12(17)15(4)5)10-13(18)16(6)7/h11H,8-10H2,1-7H3. The van der Waals surface area contributed by atoms with Crippen LogP contribution in [0.5, 0.6) is 0 Å². The second kappa shape index (κ2) is 6.76. The maximum Gasteiger partial charge on any atom is 0.222 e. The minimum Gasteiger partial charge on any atom is -0.349 e. The Hall–Kier alpha value is -1.06. The molecule has 4 nitrogen and oxygen atoms in total. The van der Waals surface area contributed by atoms with Gasteiger partial charge in [-0.3, -0.25) is 9.59 Å². The molecule has 18 heavy (non-hydrogen) atoms. The van der Waals surface area contributed by atoms with Gasteiger partial charge in [-0.05, 0) is 17.8 Å². The lowest BCUT2D eigenvalue weighted by Gasteiger charge is -2.32. The first-order chi connectivity index (χ1) is 8.07. The summed E-state index contributed by atoms with van der Waals surface area (Å²) in [5.41, 5.74) is -0.253. The van der Waals surface area contributed by atoms with E-state index in [0.29, 0.717) is 18.8 Å². The number of carbonyl (C=O) groups excluding carboxylic acids is 2. The molecule has 0 unspecified atom stereocenters. The Balaban J connectivity index is 4.82. The fraction of sp³-hybridized carbons (Fsp3) is 0.857. The van der Waals surface area contributed by atoms with Gasteiger partial charge in [-0.2, -0.15) is 0 Å². The van der Waals surface area contributed by atoms with E-state index in [4.69, 9.17) is 0 Å². The van der Waals surface area contributed by atoms with E-state index in [1.54, 1.807) is 38.0 Å². The van der Waals surface area contributed by atoms with Crippen LogP contribution in [0.2, 0.25) is 0 Å². The van der Waals surface area contributed by atoms with Gasteiger partial charge in [0.25, 0.3) is 0 Å². The predicted molar refractivity (Wildman–Crippen MR) is 74.2 cm³/mol. The Labute approximate surface area is 111 Å². The van der Waals surface area contributed by atoms with Crippen molar-refractivity contribution < 1.29 is 9.59 Å². The van der Waals surface area contributed by atoms with E-state index in [0.717, 1.165) is 6.42 Å². The molecule has 0 radical (unpaired) electrons. The second-order valence-corrected chi connectivity index (χ2v) is 6.34. The summed E-state index contributed by atoms with van der Waals surface area (Å²) in [6.07, 6.45) is 1.74. The van der Waals surface area contributed by atoms with E-state index >= 15 is 0 Å². The third-order valence-electron chi connectivity index (χ3n) is 3.05. The Morgan fingerprint density at radius 3 is 1.50 bits per heavy atom. The van der Waals surface area contributed by atoms with Gasteiger partial charge in [0.15, 0.2) is 0 Å². The maximum atomic E-state index is 11.9. The van der Waals surface area contributed by atoms with Crippen LogP contribution in [-0.4, -0.2) is 49.8 Å². The van der Waals surface area contributed by atoms with Gasteiger partial charge >= 0.3 is 0 Å². The topological polar surface area (TPSA) is 40.6 Å². The molecular formula is C14H28N2O2. The van der Waals surface area contributed by atoms with Crippen LogP contribution in [0, 0.1) is 11.3 Å². The average Bonchev–Trinajstić information content (AvgIpc) is 2.14. The molecule has 0 aliphatic carbocycles. The van der Waals surface area contributed by atoms with Crippen molar-refractivity contribution in [3.63, 3.8) is 0 Å². The number of rotatable bonds is 6. The molecular weight excluding hydrogens is 228 g/mol. The summed E-state index contributed by atoms with van der Waals surface area (Å²) in [7, 11) is 7.02. The van der Waals surface area contributed by atoms with Gasteiger partial charge in [-0.1, -0.05) is 20.8 Å². The molecule has 0 spiro atoms. The van der Waals surface area contributed by atoms with Crippen LogP contribution < -0.4 is 0 Å². The van der Waals surface area contributed by atoms with Gasteiger partial charge < -0.3 is 9.80 Å². The Bertz CT molecular complexity index is 274. The molecule has 0 aromatic heterocycles. The summed E-state index contributed by atoms with van der Waals surface area (Å²) in [5, 5.41) is 0. The monoisotopic (exact) mass is 256 g/mol. The fourth-order valence-corrected chi connectivity index (χ4v) is 2.24. The zero-order valence-electron chi connectivity index (χ0n) is 12.9. The van der Waals surface area contributed by atoms with E-state index in [-0.39, 0.29) is 17.2 Å². The van der Waals surface area contributed by atoms with E-state index in [1.165, 1.54) is 0 Å². The van der Waals surface area contributed by atoms with Crippen molar-refractivity contribution >= 4 is 11.8 Å². The third-order valence-corrected chi connectivity index (χ3v) is 3.05. The molecule has 0 atom stereocenters. The summed E-state index contributed by atoms with van der Waals surface area (Å²) < 4.78 is 0. The lowest BCUT2D eigenvalue weighted by molar-refractivity contribution is -0.135. The quantitative estimate of drug-likeness (QED) is 0.729. The van der Waals surface area contributed by atoms with Crippen molar-refractivity contribution in [2.24, 2.45) is 11.3 Å². The minimum atomic E-state index is -0.253. The molecule has 0 aliphatic heterocycles. The lowest BCUT2D eigenvalue weighted by Crippen LogP contribution is -2.35. The van der Waals surface area contributed by atoms with Crippen LogP contribution >= 0.6 is 0 Å². The highest BCUT2D eigenvalue weighted by atomic mass is 16.2. The number of nitrogens with zero attached hydrogens (tertiary/aromatic N) is 2. The highest BCUT2D eigenvalue weighted by Crippen LogP contribution is 2.34. The van der Waals surface area contributed by atoms with Crippen molar-refractivity contribution in [3.05, 3.63) is 0 Å². The van der Waals surface area contributed by atoms with Crippen molar-refractivity contribution in [3.8, 4) is 0 Å². The molecule has 0 heterocycles. The molecule has 0 fully saturated rings. The summed E-state index contributed by atoms with van der Waals surface area (Å²) >= 11 is 0. The van der Waals surface area contributed by atoms with Crippen LogP contribution in [0.4, 0.5) is 0 Å². The van der Waals surface area contributed by atoms with Gasteiger partial charge in [0.05, 0.1) is 0 Å². The number of hydrogen-bond acceptors (Lipinski definition) is 2. The molecule has 0 aliphatic rings. The predicted octanol–water partition coefficient (Wildman–Crippen LogP) is 2.00. The molecule has 2 amide bonds. The molecule has 0 rings (SSSR count). The van der Waals surface area contributed by atoms with E-state index in [9.17, 15) is 9.59 Å². The van der Waals surface area contributed by atoms with Crippen molar-refractivity contribution in [2.75, 3.05) is 28.2 Å². The summed E-state index contributed by atoms with van der Waals surface area (Å²) in [6.45, 7) is 6.28. The first-order valence-corrected chi connectivity index (χ1v) is 6.48. The zero-order chi connectivity index (χ0) is 14.5. The van der Waals surface area contributed by atoms with Crippen LogP contribution in [0.15, 0.2) is 0 Å². The number of hydrogen-bond donors (Lipinski definition) is 0. The Morgan fingerprint density at radius 1 is 0.944 bits per heavy atom. The molecule has 0 saturated carbocycles. The summed E-state index contributed by atoms with van der Waals surface area (Å²) in [6, 6.07) is 0. The van der Waals surface area contributed by atoms with Crippen molar-refractivity contribution in [2.45, 2.75) is 40.0 Å². The number of amides is 2. The fourth-order valence-electron chi connectivity index (χ4n) is 2.24. The van der Waals surface area contributed by atoms with Gasteiger partial charge in [0.1, 0.15) is 0 Å². The van der Waals surface area contributed by atoms with E-state index in [2.05, 4.69) is 13.8 Å². The zero-order valence-corrected chi connectivity index (χ0v) is 12.9. The largest absolute Gasteiger partial charge is 0.349 e. The van der Waals surface area contributed by atoms with E-state index in [1.807, 2.05) is 6.92 Å². The molecule has 0 bridgehead atoms. The summed E-state index contributed by atoms with van der Waals surface area (Å²) in [5.74, 6) is 0.648. The SMILES string of the molecule is CC(C)CC(C)(CC(=O)N(C)C)CC(=O)N(C)C. The normalized spacial score (nSPS) is 11.6. The van der Waals surface area contributed by atoms with Crippen LogP contribution in [0.25, 0.3) is 0 Å². The van der Waals surface area contributed by atoms with Gasteiger partial charge in [0, 0.05) is 41.0 Å². The van der Waals surface area contributed by atoms with Crippen LogP contribution in [-0.2, 0) is 9.59 Å². The summed E-state index contributed by atoms with van der Waals surface area (Å²) in [4.78, 5) is 27.0. The van der Waals surface area contributed by atoms with Gasteiger partial charge in [-0.25, -0.2) is 0 Å². The van der Waals surface area contributed by atoms with E-state index < -0.39 is 0 Å². The van der Waals surface area contributed by atoms with Crippen LogP contribution in [0.1, 0.15) is 40.0 Å². The Kier molecular flexibility index (Phi) is 6.36.